The molecule has 0 bridgehead atoms. The highest BCUT2D eigenvalue weighted by Crippen LogP contribution is 2.28. The lowest BCUT2D eigenvalue weighted by atomic mass is 9.99. The Balaban J connectivity index is 1.64. The lowest BCUT2D eigenvalue weighted by Gasteiger charge is -2.17. The number of fused-ring (bicyclic) bond motifs is 1. The minimum atomic E-state index is -0.272. The van der Waals surface area contributed by atoms with Crippen molar-refractivity contribution in [1.82, 2.24) is 15.1 Å². The van der Waals surface area contributed by atoms with Crippen LogP contribution < -0.4 is 5.56 Å². The van der Waals surface area contributed by atoms with Gasteiger partial charge in [0, 0.05) is 24.4 Å². The van der Waals surface area contributed by atoms with Crippen molar-refractivity contribution in [2.24, 2.45) is 0 Å². The Labute approximate surface area is 138 Å². The molecule has 1 saturated heterocycles. The number of nitrogens with one attached hydrogen (secondary N) is 1. The fraction of sp³-hybridized carbons (Fsp3) is 0.211. The van der Waals surface area contributed by atoms with Gasteiger partial charge in [-0.25, -0.2) is 5.10 Å². The summed E-state index contributed by atoms with van der Waals surface area (Å²) in [5, 5.41) is 7.56. The zero-order chi connectivity index (χ0) is 16.5. The Morgan fingerprint density at radius 3 is 2.54 bits per heavy atom. The Morgan fingerprint density at radius 2 is 1.75 bits per heavy atom. The number of rotatable bonds is 2. The van der Waals surface area contributed by atoms with Crippen LogP contribution in [0.15, 0.2) is 59.4 Å². The Hall–Kier alpha value is -2.95. The van der Waals surface area contributed by atoms with E-state index in [2.05, 4.69) is 22.3 Å². The molecule has 1 atom stereocenters. The normalized spacial score (nSPS) is 17.3. The van der Waals surface area contributed by atoms with E-state index in [0.29, 0.717) is 35.5 Å². The van der Waals surface area contributed by atoms with Crippen LogP contribution in [0.2, 0.25) is 0 Å². The van der Waals surface area contributed by atoms with Crippen molar-refractivity contribution in [2.75, 3.05) is 13.1 Å². The molecule has 2 aromatic carbocycles. The van der Waals surface area contributed by atoms with E-state index >= 15 is 0 Å². The van der Waals surface area contributed by atoms with Crippen molar-refractivity contribution < 1.29 is 4.79 Å². The summed E-state index contributed by atoms with van der Waals surface area (Å²) in [6.07, 6.45) is 0.942. The quantitative estimate of drug-likeness (QED) is 0.789. The Morgan fingerprint density at radius 1 is 1.04 bits per heavy atom. The van der Waals surface area contributed by atoms with Gasteiger partial charge in [0.25, 0.3) is 11.5 Å². The van der Waals surface area contributed by atoms with Crippen molar-refractivity contribution in [1.29, 1.82) is 0 Å². The van der Waals surface area contributed by atoms with Crippen LogP contribution >= 0.6 is 0 Å². The fourth-order valence-corrected chi connectivity index (χ4v) is 3.37. The highest BCUT2D eigenvalue weighted by molar-refractivity contribution is 6.04. The van der Waals surface area contributed by atoms with E-state index < -0.39 is 0 Å². The minimum Gasteiger partial charge on any atom is -0.337 e. The third kappa shape index (κ3) is 2.48. The molecule has 1 N–H and O–H groups in total. The molecule has 0 radical (unpaired) electrons. The average Bonchev–Trinajstić information content (AvgIpc) is 3.13. The van der Waals surface area contributed by atoms with Crippen molar-refractivity contribution in [3.05, 3.63) is 76.2 Å². The second-order valence-corrected chi connectivity index (χ2v) is 6.09. The second-order valence-electron chi connectivity index (χ2n) is 6.09. The van der Waals surface area contributed by atoms with Gasteiger partial charge in [0.2, 0.25) is 0 Å². The van der Waals surface area contributed by atoms with Crippen molar-refractivity contribution >= 4 is 16.7 Å². The SMILES string of the molecule is O=C(c1n[nH]c(=O)c2ccccc12)N1CCC(c2ccccc2)C1. The van der Waals surface area contributed by atoms with Gasteiger partial charge in [0.1, 0.15) is 0 Å². The van der Waals surface area contributed by atoms with Crippen LogP contribution in [0, 0.1) is 0 Å². The van der Waals surface area contributed by atoms with E-state index in [1.165, 1.54) is 5.56 Å². The predicted octanol–water partition coefficient (Wildman–Crippen LogP) is 2.55. The summed E-state index contributed by atoms with van der Waals surface area (Å²) in [4.78, 5) is 26.6. The third-order valence-corrected chi connectivity index (χ3v) is 4.65. The molecule has 2 heterocycles. The minimum absolute atomic E-state index is 0.124. The molecule has 1 amide bonds. The zero-order valence-corrected chi connectivity index (χ0v) is 13.1. The number of nitrogens with zero attached hydrogens (tertiary/aromatic N) is 2. The first kappa shape index (κ1) is 14.6. The molecular weight excluding hydrogens is 302 g/mol. The summed E-state index contributed by atoms with van der Waals surface area (Å²) >= 11 is 0. The monoisotopic (exact) mass is 319 g/mol. The molecular formula is C19H17N3O2. The summed E-state index contributed by atoms with van der Waals surface area (Å²) in [5.74, 6) is 0.227. The van der Waals surface area contributed by atoms with Gasteiger partial charge in [0.15, 0.2) is 5.69 Å². The van der Waals surface area contributed by atoms with Gasteiger partial charge in [-0.2, -0.15) is 5.10 Å². The summed E-state index contributed by atoms with van der Waals surface area (Å²) in [6, 6.07) is 17.3. The number of hydrogen-bond acceptors (Lipinski definition) is 3. The number of carbonyl (C=O) groups is 1. The Bertz CT molecular complexity index is 949. The number of H-pyrrole nitrogens is 1. The van der Waals surface area contributed by atoms with Crippen molar-refractivity contribution in [3.8, 4) is 0 Å². The van der Waals surface area contributed by atoms with Crippen LogP contribution in [0.4, 0.5) is 0 Å². The number of aromatic amines is 1. The molecule has 24 heavy (non-hydrogen) atoms. The van der Waals surface area contributed by atoms with Gasteiger partial charge in [-0.15, -0.1) is 0 Å². The highest BCUT2D eigenvalue weighted by atomic mass is 16.2. The molecule has 5 heteroatoms. The Kier molecular flexibility index (Phi) is 3.61. The van der Waals surface area contributed by atoms with Crippen molar-refractivity contribution in [2.45, 2.75) is 12.3 Å². The van der Waals surface area contributed by atoms with E-state index in [1.807, 2.05) is 29.2 Å². The van der Waals surface area contributed by atoms with Gasteiger partial charge in [0.05, 0.1) is 5.39 Å². The lowest BCUT2D eigenvalue weighted by molar-refractivity contribution is 0.0786. The maximum atomic E-state index is 12.9. The predicted molar refractivity (Wildman–Crippen MR) is 92.1 cm³/mol. The van der Waals surface area contributed by atoms with Crippen LogP contribution in [-0.4, -0.2) is 34.1 Å². The molecule has 120 valence electrons. The summed E-state index contributed by atoms with van der Waals surface area (Å²) in [7, 11) is 0. The van der Waals surface area contributed by atoms with E-state index in [0.717, 1.165) is 6.42 Å². The number of carbonyl (C=O) groups excluding carboxylic acids is 1. The van der Waals surface area contributed by atoms with Crippen molar-refractivity contribution in [3.63, 3.8) is 0 Å². The number of benzene rings is 2. The highest BCUT2D eigenvalue weighted by Gasteiger charge is 2.29. The number of amides is 1. The molecule has 0 aliphatic carbocycles. The standard InChI is InChI=1S/C19H17N3O2/c23-18-16-9-5-4-8-15(16)17(20-21-18)19(24)22-11-10-14(12-22)13-6-2-1-3-7-13/h1-9,14H,10-12H2,(H,21,23). The number of hydrogen-bond donors (Lipinski definition) is 1. The molecule has 1 aliphatic heterocycles. The number of likely N-dealkylation sites (tertiary alicyclic amines) is 1. The first-order valence-electron chi connectivity index (χ1n) is 8.05. The third-order valence-electron chi connectivity index (χ3n) is 4.65. The molecule has 0 saturated carbocycles. The van der Waals surface area contributed by atoms with E-state index in [9.17, 15) is 9.59 Å². The lowest BCUT2D eigenvalue weighted by Crippen LogP contribution is -2.30. The molecule has 0 spiro atoms. The average molecular weight is 319 g/mol. The van der Waals surface area contributed by atoms with Crippen LogP contribution in [-0.2, 0) is 0 Å². The summed E-state index contributed by atoms with van der Waals surface area (Å²) < 4.78 is 0. The largest absolute Gasteiger partial charge is 0.337 e. The van der Waals surface area contributed by atoms with E-state index in [4.69, 9.17) is 0 Å². The maximum Gasteiger partial charge on any atom is 0.274 e. The van der Waals surface area contributed by atoms with Gasteiger partial charge < -0.3 is 4.90 Å². The van der Waals surface area contributed by atoms with Gasteiger partial charge in [-0.05, 0) is 18.1 Å². The maximum absolute atomic E-state index is 12.9. The van der Waals surface area contributed by atoms with Crippen LogP contribution in [0.3, 0.4) is 0 Å². The van der Waals surface area contributed by atoms with Gasteiger partial charge in [-0.1, -0.05) is 48.5 Å². The van der Waals surface area contributed by atoms with Crippen LogP contribution in [0.5, 0.6) is 0 Å². The number of aromatic nitrogens is 2. The van der Waals surface area contributed by atoms with Gasteiger partial charge in [-0.3, -0.25) is 9.59 Å². The molecule has 1 aliphatic rings. The van der Waals surface area contributed by atoms with Gasteiger partial charge >= 0.3 is 0 Å². The smallest absolute Gasteiger partial charge is 0.274 e. The molecule has 5 nitrogen and oxygen atoms in total. The molecule has 1 unspecified atom stereocenters. The van der Waals surface area contributed by atoms with Crippen LogP contribution in [0.25, 0.3) is 10.8 Å². The first-order chi connectivity index (χ1) is 11.7. The summed E-state index contributed by atoms with van der Waals surface area (Å²) in [5.41, 5.74) is 1.30. The van der Waals surface area contributed by atoms with E-state index in [1.54, 1.807) is 18.2 Å². The van der Waals surface area contributed by atoms with E-state index in [-0.39, 0.29) is 11.5 Å². The zero-order valence-electron chi connectivity index (χ0n) is 13.1. The molecule has 1 fully saturated rings. The summed E-state index contributed by atoms with van der Waals surface area (Å²) in [6.45, 7) is 1.38. The first-order valence-corrected chi connectivity index (χ1v) is 8.05. The molecule has 4 rings (SSSR count). The molecule has 1 aromatic heterocycles. The second kappa shape index (κ2) is 5.92. The fourth-order valence-electron chi connectivity index (χ4n) is 3.37. The van der Waals surface area contributed by atoms with Crippen LogP contribution in [0.1, 0.15) is 28.4 Å². The molecule has 3 aromatic rings. The topological polar surface area (TPSA) is 66.1 Å².